The molecule has 0 saturated carbocycles. The van der Waals surface area contributed by atoms with E-state index < -0.39 is 16.6 Å². The Labute approximate surface area is 305 Å². The summed E-state index contributed by atoms with van der Waals surface area (Å²) in [5, 5.41) is 14.3. The molecule has 0 aromatic heterocycles. The van der Waals surface area contributed by atoms with Gasteiger partial charge in [0.1, 0.15) is 6.29 Å². The van der Waals surface area contributed by atoms with Gasteiger partial charge in [-0.2, -0.15) is 0 Å². The molecule has 0 bridgehead atoms. The van der Waals surface area contributed by atoms with Gasteiger partial charge in [-0.15, -0.1) is 0 Å². The highest BCUT2D eigenvalue weighted by Gasteiger charge is 2.52. The Hall–Kier alpha value is -3.14. The Morgan fingerprint density at radius 1 is 0.540 bits per heavy atom. The highest BCUT2D eigenvalue weighted by molar-refractivity contribution is 7.00. The first-order valence-corrected chi connectivity index (χ1v) is 22.3. The topological polar surface area (TPSA) is 55.8 Å². The zero-order valence-corrected chi connectivity index (χ0v) is 33.9. The van der Waals surface area contributed by atoms with Crippen LogP contribution < -0.4 is 20.7 Å². The number of hydrogen-bond donors (Lipinski definition) is 1. The maximum Gasteiger partial charge on any atom is 0.261 e. The standard InChI is InChI=1S/C22H32O2Si.C22H30O2Si/c2*1-19(13-11-12-18-23)24-25(22(2,3)4,20-14-7-5-8-15-20)21-16-9-6-10-17-21/h5-10,14-17,19,23H,11-13,18H2,1-4H3;5-10,14-19H,11-13H2,1-4H3/t2*19-/m00/s1. The molecule has 0 saturated heterocycles. The summed E-state index contributed by atoms with van der Waals surface area (Å²) >= 11 is 0. The van der Waals surface area contributed by atoms with Crippen molar-refractivity contribution in [2.45, 2.75) is 116 Å². The summed E-state index contributed by atoms with van der Waals surface area (Å²) < 4.78 is 13.9. The molecule has 4 nitrogen and oxygen atoms in total. The average molecular weight is 711 g/mol. The number of aldehydes is 1. The number of carbonyl (C=O) groups is 1. The molecule has 0 heterocycles. The molecule has 0 spiro atoms. The Kier molecular flexibility index (Phi) is 16.1. The second-order valence-corrected chi connectivity index (χ2v) is 24.0. The number of hydrogen-bond acceptors (Lipinski definition) is 4. The summed E-state index contributed by atoms with van der Waals surface area (Å²) in [6.07, 6.45) is 6.48. The minimum Gasteiger partial charge on any atom is -0.405 e. The van der Waals surface area contributed by atoms with Crippen LogP contribution in [0.5, 0.6) is 0 Å². The van der Waals surface area contributed by atoms with Crippen LogP contribution in [0, 0.1) is 0 Å². The number of aliphatic hydroxyl groups excluding tert-OH is 1. The van der Waals surface area contributed by atoms with Crippen molar-refractivity contribution in [3.8, 4) is 0 Å². The van der Waals surface area contributed by atoms with Crippen LogP contribution in [0.1, 0.15) is 93.9 Å². The first-order chi connectivity index (χ1) is 23.8. The second kappa shape index (κ2) is 19.5. The fourth-order valence-electron chi connectivity index (χ4n) is 7.14. The lowest BCUT2D eigenvalue weighted by atomic mass is 10.2. The Morgan fingerprint density at radius 3 is 1.10 bits per heavy atom. The average Bonchev–Trinajstić information content (AvgIpc) is 3.10. The molecule has 0 aliphatic carbocycles. The third-order valence-corrected chi connectivity index (χ3v) is 19.9. The zero-order valence-electron chi connectivity index (χ0n) is 31.9. The first kappa shape index (κ1) is 41.3. The molecule has 50 heavy (non-hydrogen) atoms. The number of unbranched alkanes of at least 4 members (excludes halogenated alkanes) is 2. The van der Waals surface area contributed by atoms with Crippen LogP contribution in [0.15, 0.2) is 121 Å². The third kappa shape index (κ3) is 10.5. The lowest BCUT2D eigenvalue weighted by Gasteiger charge is -2.44. The van der Waals surface area contributed by atoms with Crippen LogP contribution in [0.2, 0.25) is 10.1 Å². The van der Waals surface area contributed by atoms with E-state index in [1.54, 1.807) is 0 Å². The van der Waals surface area contributed by atoms with Crippen molar-refractivity contribution >= 4 is 43.7 Å². The zero-order chi connectivity index (χ0) is 36.7. The van der Waals surface area contributed by atoms with Crippen molar-refractivity contribution in [2.75, 3.05) is 6.61 Å². The normalized spacial score (nSPS) is 13.5. The first-order valence-electron chi connectivity index (χ1n) is 18.5. The predicted octanol–water partition coefficient (Wildman–Crippen LogP) is 8.43. The Bertz CT molecular complexity index is 1420. The van der Waals surface area contributed by atoms with Gasteiger partial charge in [0.2, 0.25) is 0 Å². The van der Waals surface area contributed by atoms with Crippen molar-refractivity contribution in [3.63, 3.8) is 0 Å². The summed E-state index contributed by atoms with van der Waals surface area (Å²) in [4.78, 5) is 10.6. The highest BCUT2D eigenvalue weighted by atomic mass is 28.4. The maximum atomic E-state index is 10.6. The summed E-state index contributed by atoms with van der Waals surface area (Å²) in [5.74, 6) is 0. The molecule has 0 amide bonds. The molecule has 6 heteroatoms. The van der Waals surface area contributed by atoms with Crippen LogP contribution in [-0.2, 0) is 13.6 Å². The van der Waals surface area contributed by atoms with Gasteiger partial charge in [0.15, 0.2) is 0 Å². The SMILES string of the molecule is C[C@@H](CCCC=O)O[Si](c1ccccc1)(c1ccccc1)C(C)(C)C.C[C@@H](CCCCO)O[Si](c1ccccc1)(c1ccccc1)C(C)(C)C. The molecule has 0 radical (unpaired) electrons. The highest BCUT2D eigenvalue weighted by Crippen LogP contribution is 2.39. The van der Waals surface area contributed by atoms with E-state index in [4.69, 9.17) is 14.0 Å². The van der Waals surface area contributed by atoms with Gasteiger partial charge in [0.25, 0.3) is 16.6 Å². The van der Waals surface area contributed by atoms with Gasteiger partial charge in [-0.3, -0.25) is 0 Å². The summed E-state index contributed by atoms with van der Waals surface area (Å²) in [7, 11) is -4.90. The Balaban J connectivity index is 0.000000270. The molecule has 4 rings (SSSR count). The van der Waals surface area contributed by atoms with Gasteiger partial charge in [0, 0.05) is 25.2 Å². The molecule has 0 aliphatic heterocycles. The van der Waals surface area contributed by atoms with E-state index >= 15 is 0 Å². The van der Waals surface area contributed by atoms with Crippen LogP contribution in [0.3, 0.4) is 0 Å². The Morgan fingerprint density at radius 2 is 0.840 bits per heavy atom. The van der Waals surface area contributed by atoms with Gasteiger partial charge in [0.05, 0.1) is 0 Å². The smallest absolute Gasteiger partial charge is 0.261 e. The third-order valence-electron chi connectivity index (χ3n) is 9.54. The largest absolute Gasteiger partial charge is 0.405 e. The molecule has 0 unspecified atom stereocenters. The molecule has 4 aromatic carbocycles. The van der Waals surface area contributed by atoms with Crippen LogP contribution in [0.25, 0.3) is 0 Å². The van der Waals surface area contributed by atoms with E-state index in [1.807, 2.05) is 0 Å². The number of benzene rings is 4. The van der Waals surface area contributed by atoms with E-state index in [-0.39, 0.29) is 28.9 Å². The molecular formula is C44H62O4Si2. The van der Waals surface area contributed by atoms with Crippen molar-refractivity contribution in [2.24, 2.45) is 0 Å². The monoisotopic (exact) mass is 710 g/mol. The summed E-state index contributed by atoms with van der Waals surface area (Å²) in [5.41, 5.74) is 0. The molecule has 0 aliphatic rings. The minimum atomic E-state index is -2.46. The van der Waals surface area contributed by atoms with Gasteiger partial charge < -0.3 is 18.8 Å². The second-order valence-electron chi connectivity index (χ2n) is 15.5. The molecule has 2 atom stereocenters. The molecule has 4 aromatic rings. The van der Waals surface area contributed by atoms with E-state index in [9.17, 15) is 4.79 Å². The van der Waals surface area contributed by atoms with Gasteiger partial charge in [-0.1, -0.05) is 163 Å². The van der Waals surface area contributed by atoms with E-state index in [2.05, 4.69) is 177 Å². The van der Waals surface area contributed by atoms with Crippen molar-refractivity contribution in [1.82, 2.24) is 0 Å². The molecular weight excluding hydrogens is 649 g/mol. The quantitative estimate of drug-likeness (QED) is 0.0721. The summed E-state index contributed by atoms with van der Waals surface area (Å²) in [6.45, 7) is 18.4. The summed E-state index contributed by atoms with van der Waals surface area (Å²) in [6, 6.07) is 42.9. The van der Waals surface area contributed by atoms with E-state index in [0.717, 1.165) is 38.4 Å². The number of aliphatic hydroxyl groups is 1. The fourth-order valence-corrected chi connectivity index (χ4v) is 16.6. The molecule has 0 fully saturated rings. The van der Waals surface area contributed by atoms with Crippen LogP contribution in [0.4, 0.5) is 0 Å². The van der Waals surface area contributed by atoms with Crippen molar-refractivity contribution in [1.29, 1.82) is 0 Å². The fraction of sp³-hybridized carbons (Fsp3) is 0.432. The molecule has 270 valence electrons. The molecule has 1 N–H and O–H groups in total. The van der Waals surface area contributed by atoms with Crippen LogP contribution >= 0.6 is 0 Å². The van der Waals surface area contributed by atoms with Gasteiger partial charge in [-0.25, -0.2) is 0 Å². The van der Waals surface area contributed by atoms with E-state index in [1.165, 1.54) is 20.7 Å². The van der Waals surface area contributed by atoms with E-state index in [0.29, 0.717) is 6.42 Å². The minimum absolute atomic E-state index is 0.00533. The number of carbonyl (C=O) groups excluding carboxylic acids is 1. The van der Waals surface area contributed by atoms with Crippen molar-refractivity contribution < 1.29 is 18.8 Å². The lowest BCUT2D eigenvalue weighted by Crippen LogP contribution is -2.67. The lowest BCUT2D eigenvalue weighted by molar-refractivity contribution is -0.108. The van der Waals surface area contributed by atoms with Gasteiger partial charge in [-0.05, 0) is 76.8 Å². The van der Waals surface area contributed by atoms with Gasteiger partial charge >= 0.3 is 0 Å². The predicted molar refractivity (Wildman–Crippen MR) is 217 cm³/mol. The maximum absolute atomic E-state index is 10.6. The van der Waals surface area contributed by atoms with Crippen LogP contribution in [-0.4, -0.2) is 46.8 Å². The number of rotatable bonds is 16. The van der Waals surface area contributed by atoms with Crippen molar-refractivity contribution in [3.05, 3.63) is 121 Å².